The number of carbonyl (C=O) groups is 1. The number of hydrogen-bond donors (Lipinski definition) is 1. The van der Waals surface area contributed by atoms with Crippen molar-refractivity contribution in [1.82, 2.24) is 10.2 Å². The van der Waals surface area contributed by atoms with Crippen molar-refractivity contribution in [3.8, 4) is 0 Å². The molecule has 1 aliphatic heterocycles. The first-order valence-corrected chi connectivity index (χ1v) is 7.92. The molecule has 116 valence electrons. The molecule has 1 aromatic rings. The highest BCUT2D eigenvalue weighted by atomic mass is 79.9. The van der Waals surface area contributed by atoms with E-state index in [1.807, 2.05) is 6.92 Å². The summed E-state index contributed by atoms with van der Waals surface area (Å²) >= 11 is 3.33. The molecule has 4 nitrogen and oxygen atoms in total. The number of nitrogens with one attached hydrogen (secondary N) is 1. The van der Waals surface area contributed by atoms with E-state index in [1.54, 1.807) is 17.0 Å². The number of benzene rings is 1. The fraction of sp³-hybridized carbons (Fsp3) is 0.533. The van der Waals surface area contributed by atoms with Gasteiger partial charge in [-0.3, -0.25) is 4.79 Å². The van der Waals surface area contributed by atoms with Gasteiger partial charge in [-0.2, -0.15) is 0 Å². The molecule has 0 bridgehead atoms. The molecule has 0 radical (unpaired) electrons. The van der Waals surface area contributed by atoms with Crippen molar-refractivity contribution in [2.45, 2.75) is 25.9 Å². The van der Waals surface area contributed by atoms with Crippen LogP contribution in [-0.2, 0) is 16.1 Å². The summed E-state index contributed by atoms with van der Waals surface area (Å²) in [6.45, 7) is 4.75. The third kappa shape index (κ3) is 4.76. The lowest BCUT2D eigenvalue weighted by atomic mass is 10.1. The number of ether oxygens (including phenoxy) is 1. The molecule has 1 heterocycles. The van der Waals surface area contributed by atoms with E-state index < -0.39 is 0 Å². The Morgan fingerprint density at radius 1 is 1.57 bits per heavy atom. The largest absolute Gasteiger partial charge is 0.378 e. The molecule has 6 heteroatoms. The predicted octanol–water partition coefficient (Wildman–Crippen LogP) is 2.32. The minimum absolute atomic E-state index is 0.0138. The Morgan fingerprint density at radius 2 is 2.38 bits per heavy atom. The first kappa shape index (κ1) is 16.4. The topological polar surface area (TPSA) is 41.6 Å². The summed E-state index contributed by atoms with van der Waals surface area (Å²) in [6.07, 6.45) is 0.378. The molecule has 1 unspecified atom stereocenters. The number of amides is 1. The van der Waals surface area contributed by atoms with Crippen molar-refractivity contribution in [2.75, 3.05) is 26.3 Å². The SMILES string of the molecule is CCN(Cc1cc(Br)ccc1F)C(=O)CC1COCCN1. The zero-order chi connectivity index (χ0) is 15.2. The van der Waals surface area contributed by atoms with Gasteiger partial charge in [0.1, 0.15) is 5.82 Å². The van der Waals surface area contributed by atoms with Crippen molar-refractivity contribution in [2.24, 2.45) is 0 Å². The van der Waals surface area contributed by atoms with E-state index in [2.05, 4.69) is 21.2 Å². The first-order valence-electron chi connectivity index (χ1n) is 7.13. The first-order chi connectivity index (χ1) is 10.1. The van der Waals surface area contributed by atoms with Crippen LogP contribution in [0.3, 0.4) is 0 Å². The predicted molar refractivity (Wildman–Crippen MR) is 82.4 cm³/mol. The molecule has 1 aromatic carbocycles. The average Bonchev–Trinajstić information content (AvgIpc) is 2.49. The van der Waals surface area contributed by atoms with Crippen molar-refractivity contribution < 1.29 is 13.9 Å². The zero-order valence-electron chi connectivity index (χ0n) is 12.1. The zero-order valence-corrected chi connectivity index (χ0v) is 13.7. The van der Waals surface area contributed by atoms with Gasteiger partial charge in [-0.1, -0.05) is 15.9 Å². The van der Waals surface area contributed by atoms with E-state index in [9.17, 15) is 9.18 Å². The molecule has 0 aromatic heterocycles. The van der Waals surface area contributed by atoms with Crippen LogP contribution in [0.2, 0.25) is 0 Å². The Hall–Kier alpha value is -0.980. The fourth-order valence-electron chi connectivity index (χ4n) is 2.34. The van der Waals surface area contributed by atoms with Gasteiger partial charge in [0.25, 0.3) is 0 Å². The molecular formula is C15H20BrFN2O2. The molecular weight excluding hydrogens is 339 g/mol. The van der Waals surface area contributed by atoms with Crippen LogP contribution >= 0.6 is 15.9 Å². The fourth-order valence-corrected chi connectivity index (χ4v) is 2.75. The maximum atomic E-state index is 13.8. The molecule has 0 aliphatic carbocycles. The summed E-state index contributed by atoms with van der Waals surface area (Å²) in [6, 6.07) is 4.83. The minimum atomic E-state index is -0.288. The number of nitrogens with zero attached hydrogens (tertiary/aromatic N) is 1. The smallest absolute Gasteiger partial charge is 0.224 e. The second kappa shape index (κ2) is 7.87. The third-order valence-electron chi connectivity index (χ3n) is 3.52. The Balaban J connectivity index is 1.98. The van der Waals surface area contributed by atoms with Crippen LogP contribution < -0.4 is 5.32 Å². The maximum Gasteiger partial charge on any atom is 0.224 e. The van der Waals surface area contributed by atoms with Gasteiger partial charge in [0, 0.05) is 42.1 Å². The van der Waals surface area contributed by atoms with E-state index in [4.69, 9.17) is 4.74 Å². The number of morpholine rings is 1. The van der Waals surface area contributed by atoms with Crippen LogP contribution in [0, 0.1) is 5.82 Å². The normalized spacial score (nSPS) is 18.5. The standard InChI is InChI=1S/C15H20BrFN2O2/c1-2-19(9-11-7-12(16)3-4-14(11)17)15(20)8-13-10-21-6-5-18-13/h3-4,7,13,18H,2,5-6,8-10H2,1H3. The van der Waals surface area contributed by atoms with Crippen molar-refractivity contribution >= 4 is 21.8 Å². The molecule has 1 amide bonds. The molecule has 1 atom stereocenters. The molecule has 2 rings (SSSR count). The molecule has 1 saturated heterocycles. The van der Waals surface area contributed by atoms with Gasteiger partial charge in [-0.15, -0.1) is 0 Å². The minimum Gasteiger partial charge on any atom is -0.378 e. The molecule has 0 saturated carbocycles. The Bertz CT molecular complexity index is 493. The summed E-state index contributed by atoms with van der Waals surface area (Å²) in [5, 5.41) is 3.26. The van der Waals surface area contributed by atoms with E-state index in [0.29, 0.717) is 31.7 Å². The van der Waals surface area contributed by atoms with Gasteiger partial charge in [0.05, 0.1) is 13.2 Å². The van der Waals surface area contributed by atoms with Gasteiger partial charge in [0.2, 0.25) is 5.91 Å². The van der Waals surface area contributed by atoms with E-state index >= 15 is 0 Å². The van der Waals surface area contributed by atoms with Gasteiger partial charge in [-0.05, 0) is 25.1 Å². The molecule has 0 spiro atoms. The van der Waals surface area contributed by atoms with Gasteiger partial charge < -0.3 is 15.0 Å². The van der Waals surface area contributed by atoms with Gasteiger partial charge in [-0.25, -0.2) is 4.39 Å². The Kier molecular flexibility index (Phi) is 6.14. The Labute approximate surface area is 132 Å². The summed E-state index contributed by atoms with van der Waals surface area (Å²) in [5.41, 5.74) is 0.521. The van der Waals surface area contributed by atoms with E-state index in [0.717, 1.165) is 11.0 Å². The number of rotatable bonds is 5. The molecule has 21 heavy (non-hydrogen) atoms. The van der Waals surface area contributed by atoms with Crippen LogP contribution in [0.5, 0.6) is 0 Å². The quantitative estimate of drug-likeness (QED) is 0.878. The van der Waals surface area contributed by atoms with E-state index in [-0.39, 0.29) is 24.3 Å². The second-order valence-electron chi connectivity index (χ2n) is 5.07. The molecule has 1 fully saturated rings. The van der Waals surface area contributed by atoms with E-state index in [1.165, 1.54) is 6.07 Å². The van der Waals surface area contributed by atoms with Crippen LogP contribution in [0.4, 0.5) is 4.39 Å². The summed E-state index contributed by atoms with van der Waals surface area (Å²) in [4.78, 5) is 14.0. The lowest BCUT2D eigenvalue weighted by Crippen LogP contribution is -2.45. The lowest BCUT2D eigenvalue weighted by molar-refractivity contribution is -0.132. The average molecular weight is 359 g/mol. The van der Waals surface area contributed by atoms with Gasteiger partial charge in [0.15, 0.2) is 0 Å². The van der Waals surface area contributed by atoms with Crippen molar-refractivity contribution in [1.29, 1.82) is 0 Å². The number of halogens is 2. The molecule has 1 N–H and O–H groups in total. The van der Waals surface area contributed by atoms with Crippen LogP contribution in [0.1, 0.15) is 18.9 Å². The van der Waals surface area contributed by atoms with Gasteiger partial charge >= 0.3 is 0 Å². The molecule has 1 aliphatic rings. The van der Waals surface area contributed by atoms with Crippen molar-refractivity contribution in [3.63, 3.8) is 0 Å². The lowest BCUT2D eigenvalue weighted by Gasteiger charge is -2.27. The van der Waals surface area contributed by atoms with Crippen LogP contribution in [0.15, 0.2) is 22.7 Å². The highest BCUT2D eigenvalue weighted by Gasteiger charge is 2.21. The Morgan fingerprint density at radius 3 is 3.05 bits per heavy atom. The van der Waals surface area contributed by atoms with Crippen LogP contribution in [0.25, 0.3) is 0 Å². The second-order valence-corrected chi connectivity index (χ2v) is 5.99. The number of carbonyl (C=O) groups excluding carboxylic acids is 1. The monoisotopic (exact) mass is 358 g/mol. The summed E-state index contributed by atoms with van der Waals surface area (Å²) in [5.74, 6) is -0.275. The number of hydrogen-bond acceptors (Lipinski definition) is 3. The highest BCUT2D eigenvalue weighted by Crippen LogP contribution is 2.18. The third-order valence-corrected chi connectivity index (χ3v) is 4.02. The van der Waals surface area contributed by atoms with Crippen molar-refractivity contribution in [3.05, 3.63) is 34.1 Å². The van der Waals surface area contributed by atoms with Crippen LogP contribution in [-0.4, -0.2) is 43.2 Å². The highest BCUT2D eigenvalue weighted by molar-refractivity contribution is 9.10. The summed E-state index contributed by atoms with van der Waals surface area (Å²) in [7, 11) is 0. The maximum absolute atomic E-state index is 13.8. The summed E-state index contributed by atoms with van der Waals surface area (Å²) < 4.78 is 20.0.